The molecule has 0 saturated heterocycles. The van der Waals surface area contributed by atoms with E-state index in [0.29, 0.717) is 28.8 Å². The molecular formula is C26H26ClNO3. The number of nitrogens with one attached hydrogen (secondary N) is 1. The van der Waals surface area contributed by atoms with E-state index in [9.17, 15) is 4.79 Å². The number of hydrogen-bond acceptors (Lipinski definition) is 3. The largest absolute Gasteiger partial charge is 0.493 e. The molecule has 0 aromatic heterocycles. The van der Waals surface area contributed by atoms with Gasteiger partial charge in [-0.25, -0.2) is 0 Å². The van der Waals surface area contributed by atoms with Crippen LogP contribution in [0.4, 0.5) is 5.69 Å². The lowest BCUT2D eigenvalue weighted by Gasteiger charge is -2.12. The van der Waals surface area contributed by atoms with E-state index >= 15 is 0 Å². The lowest BCUT2D eigenvalue weighted by Crippen LogP contribution is -2.09. The molecule has 1 N–H and O–H groups in total. The van der Waals surface area contributed by atoms with Gasteiger partial charge in [0.2, 0.25) is 5.91 Å². The fraction of sp³-hybridized carbons (Fsp3) is 0.192. The summed E-state index contributed by atoms with van der Waals surface area (Å²) in [6.45, 7) is 6.39. The molecule has 0 aliphatic carbocycles. The van der Waals surface area contributed by atoms with Gasteiger partial charge < -0.3 is 14.8 Å². The number of halogens is 1. The summed E-state index contributed by atoms with van der Waals surface area (Å²) < 4.78 is 11.4. The molecule has 3 aromatic rings. The van der Waals surface area contributed by atoms with Crippen LogP contribution in [0.15, 0.2) is 60.7 Å². The molecule has 3 aromatic carbocycles. The third kappa shape index (κ3) is 5.89. The van der Waals surface area contributed by atoms with E-state index in [1.54, 1.807) is 13.2 Å². The highest BCUT2D eigenvalue weighted by Gasteiger charge is 2.09. The minimum Gasteiger partial charge on any atom is -0.493 e. The van der Waals surface area contributed by atoms with Crippen LogP contribution >= 0.6 is 11.6 Å². The van der Waals surface area contributed by atoms with Crippen molar-refractivity contribution in [1.82, 2.24) is 0 Å². The number of methoxy groups -OCH3 is 1. The van der Waals surface area contributed by atoms with Crippen LogP contribution in [0.3, 0.4) is 0 Å². The standard InChI is InChI=1S/C26H26ClNO3/c1-17-13-19(3)26(22(27)14-17)28-25(29)12-10-20-9-11-23(24(15-20)30-4)31-16-21-8-6-5-7-18(21)2/h5-15H,16H2,1-4H3,(H,28,29)/b12-10+. The smallest absolute Gasteiger partial charge is 0.248 e. The van der Waals surface area contributed by atoms with Crippen molar-refractivity contribution < 1.29 is 14.3 Å². The number of hydrogen-bond donors (Lipinski definition) is 1. The van der Waals surface area contributed by atoms with Crippen LogP contribution in [-0.4, -0.2) is 13.0 Å². The molecule has 0 atom stereocenters. The first-order valence-electron chi connectivity index (χ1n) is 9.98. The predicted molar refractivity (Wildman–Crippen MR) is 127 cm³/mol. The van der Waals surface area contributed by atoms with Gasteiger partial charge in [-0.05, 0) is 72.9 Å². The van der Waals surface area contributed by atoms with E-state index in [1.165, 1.54) is 11.6 Å². The monoisotopic (exact) mass is 435 g/mol. The summed E-state index contributed by atoms with van der Waals surface area (Å²) in [6.07, 6.45) is 3.19. The fourth-order valence-electron chi connectivity index (χ4n) is 3.25. The first-order valence-corrected chi connectivity index (χ1v) is 10.4. The number of ether oxygens (including phenoxy) is 2. The molecule has 0 unspecified atom stereocenters. The van der Waals surface area contributed by atoms with Crippen LogP contribution < -0.4 is 14.8 Å². The van der Waals surface area contributed by atoms with Gasteiger partial charge in [0.15, 0.2) is 11.5 Å². The molecule has 4 nitrogen and oxygen atoms in total. The van der Waals surface area contributed by atoms with Crippen molar-refractivity contribution in [1.29, 1.82) is 0 Å². The molecule has 0 bridgehead atoms. The second-order valence-corrected chi connectivity index (χ2v) is 7.79. The summed E-state index contributed by atoms with van der Waals surface area (Å²) >= 11 is 6.27. The van der Waals surface area contributed by atoms with Crippen LogP contribution in [0.2, 0.25) is 5.02 Å². The van der Waals surface area contributed by atoms with Crippen LogP contribution in [0.5, 0.6) is 11.5 Å². The Balaban J connectivity index is 1.68. The van der Waals surface area contributed by atoms with Crippen molar-refractivity contribution in [3.05, 3.63) is 93.5 Å². The molecular weight excluding hydrogens is 410 g/mol. The summed E-state index contributed by atoms with van der Waals surface area (Å²) in [5.41, 5.74) is 5.71. The zero-order valence-corrected chi connectivity index (χ0v) is 18.9. The second-order valence-electron chi connectivity index (χ2n) is 7.39. The average molecular weight is 436 g/mol. The molecule has 0 radical (unpaired) electrons. The zero-order valence-electron chi connectivity index (χ0n) is 18.2. The molecule has 5 heteroatoms. The van der Waals surface area contributed by atoms with Crippen molar-refractivity contribution in [2.24, 2.45) is 0 Å². The summed E-state index contributed by atoms with van der Waals surface area (Å²) in [4.78, 5) is 12.4. The predicted octanol–water partition coefficient (Wildman–Crippen LogP) is 6.50. The Morgan fingerprint density at radius 2 is 1.77 bits per heavy atom. The maximum atomic E-state index is 12.4. The summed E-state index contributed by atoms with van der Waals surface area (Å²) in [6, 6.07) is 17.5. The SMILES string of the molecule is COc1cc(/C=C/C(=O)Nc2c(C)cc(C)cc2Cl)ccc1OCc1ccccc1C. The topological polar surface area (TPSA) is 47.6 Å². The lowest BCUT2D eigenvalue weighted by molar-refractivity contribution is -0.111. The van der Waals surface area contributed by atoms with Crippen LogP contribution in [0, 0.1) is 20.8 Å². The van der Waals surface area contributed by atoms with Gasteiger partial charge in [-0.15, -0.1) is 0 Å². The Hall–Kier alpha value is -3.24. The Bertz CT molecular complexity index is 1100. The number of anilines is 1. The number of aryl methyl sites for hydroxylation is 3. The number of benzene rings is 3. The summed E-state index contributed by atoms with van der Waals surface area (Å²) in [5, 5.41) is 3.37. The number of carbonyl (C=O) groups is 1. The van der Waals surface area contributed by atoms with Crippen molar-refractivity contribution in [2.45, 2.75) is 27.4 Å². The molecule has 0 saturated carbocycles. The van der Waals surface area contributed by atoms with Gasteiger partial charge in [0.05, 0.1) is 17.8 Å². The van der Waals surface area contributed by atoms with Crippen LogP contribution in [0.1, 0.15) is 27.8 Å². The van der Waals surface area contributed by atoms with Crippen LogP contribution in [0.25, 0.3) is 6.08 Å². The van der Waals surface area contributed by atoms with Crippen LogP contribution in [-0.2, 0) is 11.4 Å². The van der Waals surface area contributed by atoms with E-state index < -0.39 is 0 Å². The van der Waals surface area contributed by atoms with E-state index in [0.717, 1.165) is 22.3 Å². The van der Waals surface area contributed by atoms with Gasteiger partial charge in [0.1, 0.15) is 6.61 Å². The molecule has 0 spiro atoms. The highest BCUT2D eigenvalue weighted by Crippen LogP contribution is 2.30. The highest BCUT2D eigenvalue weighted by molar-refractivity contribution is 6.34. The minimum absolute atomic E-state index is 0.257. The van der Waals surface area contributed by atoms with Gasteiger partial charge in [0.25, 0.3) is 0 Å². The van der Waals surface area contributed by atoms with E-state index in [2.05, 4.69) is 18.3 Å². The molecule has 0 aliphatic rings. The molecule has 31 heavy (non-hydrogen) atoms. The molecule has 3 rings (SSSR count). The third-order valence-corrected chi connectivity index (χ3v) is 5.24. The van der Waals surface area contributed by atoms with E-state index in [4.69, 9.17) is 21.1 Å². The molecule has 0 heterocycles. The van der Waals surface area contributed by atoms with Gasteiger partial charge in [0, 0.05) is 6.08 Å². The Kier molecular flexibility index (Phi) is 7.37. The van der Waals surface area contributed by atoms with Crippen molar-refractivity contribution in [2.75, 3.05) is 12.4 Å². The number of amides is 1. The highest BCUT2D eigenvalue weighted by atomic mass is 35.5. The normalized spacial score (nSPS) is 10.9. The maximum absolute atomic E-state index is 12.4. The average Bonchev–Trinajstić information content (AvgIpc) is 2.74. The first-order chi connectivity index (χ1) is 14.9. The maximum Gasteiger partial charge on any atom is 0.248 e. The van der Waals surface area contributed by atoms with Crippen molar-refractivity contribution >= 4 is 29.3 Å². The molecule has 1 amide bonds. The first kappa shape index (κ1) is 22.4. The third-order valence-electron chi connectivity index (χ3n) is 4.94. The minimum atomic E-state index is -0.257. The van der Waals surface area contributed by atoms with Gasteiger partial charge in [-0.3, -0.25) is 4.79 Å². The van der Waals surface area contributed by atoms with Gasteiger partial charge in [-0.1, -0.05) is 48.0 Å². The second kappa shape index (κ2) is 10.2. The number of rotatable bonds is 7. The Morgan fingerprint density at radius 1 is 1.00 bits per heavy atom. The van der Waals surface area contributed by atoms with E-state index in [1.807, 2.05) is 62.4 Å². The van der Waals surface area contributed by atoms with Crippen molar-refractivity contribution in [3.63, 3.8) is 0 Å². The summed E-state index contributed by atoms with van der Waals surface area (Å²) in [7, 11) is 1.60. The quantitative estimate of drug-likeness (QED) is 0.430. The lowest BCUT2D eigenvalue weighted by atomic mass is 10.1. The Labute approximate surface area is 188 Å². The molecule has 160 valence electrons. The van der Waals surface area contributed by atoms with E-state index in [-0.39, 0.29) is 5.91 Å². The van der Waals surface area contributed by atoms with Crippen molar-refractivity contribution in [3.8, 4) is 11.5 Å². The van der Waals surface area contributed by atoms with Gasteiger partial charge >= 0.3 is 0 Å². The fourth-order valence-corrected chi connectivity index (χ4v) is 3.61. The number of carbonyl (C=O) groups excluding carboxylic acids is 1. The zero-order chi connectivity index (χ0) is 22.4. The van der Waals surface area contributed by atoms with Gasteiger partial charge in [-0.2, -0.15) is 0 Å². The Morgan fingerprint density at radius 3 is 2.48 bits per heavy atom. The summed E-state index contributed by atoms with van der Waals surface area (Å²) in [5.74, 6) is 0.996. The molecule has 0 fully saturated rings. The molecule has 0 aliphatic heterocycles.